The summed E-state index contributed by atoms with van der Waals surface area (Å²) in [5.74, 6) is 0. The Labute approximate surface area is 96.2 Å². The molecule has 4 heteroatoms. The molecule has 0 heterocycles. The van der Waals surface area contributed by atoms with Crippen molar-refractivity contribution in [3.63, 3.8) is 0 Å². The van der Waals surface area contributed by atoms with Crippen LogP contribution in [0.5, 0.6) is 0 Å². The first-order chi connectivity index (χ1) is 7.09. The van der Waals surface area contributed by atoms with Crippen molar-refractivity contribution in [1.29, 1.82) is 0 Å². The number of halogens is 1. The summed E-state index contributed by atoms with van der Waals surface area (Å²) in [6.07, 6.45) is 1.11. The maximum absolute atomic E-state index is 5.90. The lowest BCUT2D eigenvalue weighted by Crippen LogP contribution is -2.16. The summed E-state index contributed by atoms with van der Waals surface area (Å²) in [6, 6.07) is 5.61. The van der Waals surface area contributed by atoms with Crippen molar-refractivity contribution in [3.8, 4) is 0 Å². The van der Waals surface area contributed by atoms with Gasteiger partial charge in [0.2, 0.25) is 0 Å². The first kappa shape index (κ1) is 12.1. The number of nitrogens with one attached hydrogen (secondary N) is 1. The summed E-state index contributed by atoms with van der Waals surface area (Å²) < 4.78 is 0. The zero-order valence-corrected chi connectivity index (χ0v) is 10.0. The third kappa shape index (κ3) is 4.40. The number of benzene rings is 1. The van der Waals surface area contributed by atoms with E-state index in [2.05, 4.69) is 24.3 Å². The average molecular weight is 228 g/mol. The molecule has 0 atom stereocenters. The van der Waals surface area contributed by atoms with Gasteiger partial charge in [-0.1, -0.05) is 11.6 Å². The monoisotopic (exact) mass is 227 g/mol. The van der Waals surface area contributed by atoms with Crippen molar-refractivity contribution in [2.24, 2.45) is 0 Å². The van der Waals surface area contributed by atoms with Gasteiger partial charge in [0.25, 0.3) is 0 Å². The summed E-state index contributed by atoms with van der Waals surface area (Å²) in [4.78, 5) is 2.16. The number of rotatable bonds is 5. The summed E-state index contributed by atoms with van der Waals surface area (Å²) in [7, 11) is 4.14. The van der Waals surface area contributed by atoms with Crippen LogP contribution >= 0.6 is 11.6 Å². The zero-order valence-electron chi connectivity index (χ0n) is 9.26. The summed E-state index contributed by atoms with van der Waals surface area (Å²) in [6.45, 7) is 2.02. The average Bonchev–Trinajstić information content (AvgIpc) is 2.18. The highest BCUT2D eigenvalue weighted by atomic mass is 35.5. The van der Waals surface area contributed by atoms with E-state index in [0.717, 1.165) is 25.2 Å². The maximum Gasteiger partial charge on any atom is 0.0655 e. The topological polar surface area (TPSA) is 41.3 Å². The minimum atomic E-state index is 0.604. The smallest absolute Gasteiger partial charge is 0.0655 e. The molecule has 1 aromatic carbocycles. The van der Waals surface area contributed by atoms with Gasteiger partial charge in [-0.3, -0.25) is 0 Å². The van der Waals surface area contributed by atoms with Crippen molar-refractivity contribution in [3.05, 3.63) is 23.2 Å². The molecule has 3 N–H and O–H groups in total. The van der Waals surface area contributed by atoms with Gasteiger partial charge in [-0.25, -0.2) is 0 Å². The fourth-order valence-electron chi connectivity index (χ4n) is 1.27. The molecule has 0 bridgehead atoms. The SMILES string of the molecule is CN(C)CCCNc1ccc(N)c(Cl)c1. The van der Waals surface area contributed by atoms with Crippen molar-refractivity contribution in [2.45, 2.75) is 6.42 Å². The predicted octanol–water partition coefficient (Wildman–Crippen LogP) is 2.29. The highest BCUT2D eigenvalue weighted by Crippen LogP contribution is 2.22. The lowest BCUT2D eigenvalue weighted by molar-refractivity contribution is 0.405. The highest BCUT2D eigenvalue weighted by molar-refractivity contribution is 6.33. The number of nitrogens with two attached hydrogens (primary N) is 1. The van der Waals surface area contributed by atoms with Crippen LogP contribution in [0.3, 0.4) is 0 Å². The van der Waals surface area contributed by atoms with Crippen molar-refractivity contribution in [1.82, 2.24) is 4.90 Å². The number of nitrogen functional groups attached to an aromatic ring is 1. The second-order valence-corrected chi connectivity index (χ2v) is 4.23. The second-order valence-electron chi connectivity index (χ2n) is 3.82. The number of hydrogen-bond donors (Lipinski definition) is 2. The van der Waals surface area contributed by atoms with E-state index in [1.54, 1.807) is 0 Å². The first-order valence-corrected chi connectivity index (χ1v) is 5.41. The number of anilines is 2. The van der Waals surface area contributed by atoms with Crippen LogP contribution in [0.4, 0.5) is 11.4 Å². The maximum atomic E-state index is 5.90. The normalized spacial score (nSPS) is 10.7. The highest BCUT2D eigenvalue weighted by Gasteiger charge is 1.97. The Bertz CT molecular complexity index is 313. The van der Waals surface area contributed by atoms with Crippen molar-refractivity contribution in [2.75, 3.05) is 38.2 Å². The molecular formula is C11H18ClN3. The summed E-state index contributed by atoms with van der Waals surface area (Å²) >= 11 is 5.90. The van der Waals surface area contributed by atoms with Crippen LogP contribution in [-0.4, -0.2) is 32.1 Å². The Kier molecular flexibility index (Phi) is 4.72. The van der Waals surface area contributed by atoms with E-state index in [9.17, 15) is 0 Å². The van der Waals surface area contributed by atoms with Gasteiger partial charge in [0.1, 0.15) is 0 Å². The zero-order chi connectivity index (χ0) is 11.3. The minimum absolute atomic E-state index is 0.604. The van der Waals surface area contributed by atoms with E-state index in [1.807, 2.05) is 18.2 Å². The lowest BCUT2D eigenvalue weighted by atomic mass is 10.3. The van der Waals surface area contributed by atoms with E-state index >= 15 is 0 Å². The third-order valence-electron chi connectivity index (χ3n) is 2.11. The minimum Gasteiger partial charge on any atom is -0.398 e. The number of nitrogens with zero attached hydrogens (tertiary/aromatic N) is 1. The van der Waals surface area contributed by atoms with Crippen LogP contribution < -0.4 is 11.1 Å². The molecule has 1 rings (SSSR count). The van der Waals surface area contributed by atoms with E-state index in [0.29, 0.717) is 10.7 Å². The van der Waals surface area contributed by atoms with Gasteiger partial charge in [-0.2, -0.15) is 0 Å². The van der Waals surface area contributed by atoms with Gasteiger partial charge in [-0.05, 0) is 45.3 Å². The molecule has 84 valence electrons. The molecule has 0 aliphatic carbocycles. The van der Waals surface area contributed by atoms with Crippen molar-refractivity contribution >= 4 is 23.0 Å². The van der Waals surface area contributed by atoms with Gasteiger partial charge in [0.05, 0.1) is 10.7 Å². The summed E-state index contributed by atoms with van der Waals surface area (Å²) in [5, 5.41) is 3.91. The molecule has 0 aromatic heterocycles. The van der Waals surface area contributed by atoms with Gasteiger partial charge in [0, 0.05) is 12.2 Å². The Balaban J connectivity index is 2.35. The fraction of sp³-hybridized carbons (Fsp3) is 0.455. The molecule has 0 unspecified atom stereocenters. The molecule has 0 aliphatic rings. The van der Waals surface area contributed by atoms with E-state index in [1.165, 1.54) is 0 Å². The molecule has 0 spiro atoms. The molecule has 0 amide bonds. The summed E-state index contributed by atoms with van der Waals surface area (Å²) in [5.41, 5.74) is 7.26. The first-order valence-electron chi connectivity index (χ1n) is 5.03. The molecule has 0 fully saturated rings. The van der Waals surface area contributed by atoms with Crippen LogP contribution in [0.15, 0.2) is 18.2 Å². The Morgan fingerprint density at radius 2 is 2.13 bits per heavy atom. The third-order valence-corrected chi connectivity index (χ3v) is 2.44. The van der Waals surface area contributed by atoms with Crippen LogP contribution in [0.1, 0.15) is 6.42 Å². The molecule has 1 aromatic rings. The van der Waals surface area contributed by atoms with Gasteiger partial charge < -0.3 is 16.0 Å². The molecule has 0 radical (unpaired) electrons. The van der Waals surface area contributed by atoms with E-state index in [4.69, 9.17) is 17.3 Å². The Morgan fingerprint density at radius 1 is 1.40 bits per heavy atom. The molecule has 15 heavy (non-hydrogen) atoms. The molecule has 0 saturated heterocycles. The molecule has 3 nitrogen and oxygen atoms in total. The molecule has 0 saturated carbocycles. The van der Waals surface area contributed by atoms with Gasteiger partial charge >= 0.3 is 0 Å². The second kappa shape index (κ2) is 5.83. The van der Waals surface area contributed by atoms with Gasteiger partial charge in [0.15, 0.2) is 0 Å². The van der Waals surface area contributed by atoms with Crippen LogP contribution in [-0.2, 0) is 0 Å². The Morgan fingerprint density at radius 3 is 2.73 bits per heavy atom. The number of hydrogen-bond acceptors (Lipinski definition) is 3. The van der Waals surface area contributed by atoms with E-state index < -0.39 is 0 Å². The Hall–Kier alpha value is -0.930. The standard InChI is InChI=1S/C11H18ClN3/c1-15(2)7-3-6-14-9-4-5-11(13)10(12)8-9/h4-5,8,14H,3,6-7,13H2,1-2H3. The predicted molar refractivity (Wildman–Crippen MR) is 67.5 cm³/mol. The lowest BCUT2D eigenvalue weighted by Gasteiger charge is -2.11. The van der Waals surface area contributed by atoms with Crippen molar-refractivity contribution < 1.29 is 0 Å². The van der Waals surface area contributed by atoms with Crippen LogP contribution in [0, 0.1) is 0 Å². The largest absolute Gasteiger partial charge is 0.398 e. The van der Waals surface area contributed by atoms with E-state index in [-0.39, 0.29) is 0 Å². The van der Waals surface area contributed by atoms with Crippen LogP contribution in [0.2, 0.25) is 5.02 Å². The molecule has 0 aliphatic heterocycles. The quantitative estimate of drug-likeness (QED) is 0.599. The molecular weight excluding hydrogens is 210 g/mol. The van der Waals surface area contributed by atoms with Crippen LogP contribution in [0.25, 0.3) is 0 Å². The fourth-order valence-corrected chi connectivity index (χ4v) is 1.45. The van der Waals surface area contributed by atoms with Gasteiger partial charge in [-0.15, -0.1) is 0 Å².